The largest absolute Gasteiger partial charge is 0.378 e. The van der Waals surface area contributed by atoms with Gasteiger partial charge in [0, 0.05) is 5.69 Å². The van der Waals surface area contributed by atoms with Gasteiger partial charge in [0.05, 0.1) is 18.0 Å². The van der Waals surface area contributed by atoms with Gasteiger partial charge < -0.3 is 5.32 Å². The van der Waals surface area contributed by atoms with Crippen molar-refractivity contribution in [3.8, 4) is 0 Å². The molecule has 0 bridgehead atoms. The van der Waals surface area contributed by atoms with Crippen LogP contribution in [-0.4, -0.2) is 14.7 Å². The zero-order valence-electron chi connectivity index (χ0n) is 11.8. The first kappa shape index (κ1) is 13.9. The van der Waals surface area contributed by atoms with Gasteiger partial charge in [-0.1, -0.05) is 30.3 Å². The third-order valence-corrected chi connectivity index (χ3v) is 4.25. The summed E-state index contributed by atoms with van der Waals surface area (Å²) in [5.41, 5.74) is 4.22. The SMILES string of the molecule is CS(=O)(=O)Nc1cccc(NC2CCc3ccccc32)c1. The van der Waals surface area contributed by atoms with E-state index in [0.717, 1.165) is 24.8 Å². The summed E-state index contributed by atoms with van der Waals surface area (Å²) in [6.07, 6.45) is 3.29. The molecule has 0 radical (unpaired) electrons. The van der Waals surface area contributed by atoms with Gasteiger partial charge in [-0.15, -0.1) is 0 Å². The summed E-state index contributed by atoms with van der Waals surface area (Å²) in [5.74, 6) is 0. The standard InChI is InChI=1S/C16H18N2O2S/c1-21(19,20)18-14-7-4-6-13(11-14)17-16-10-9-12-5-2-3-8-15(12)16/h2-8,11,16-18H,9-10H2,1H3. The van der Waals surface area contributed by atoms with Crippen molar-refractivity contribution in [1.29, 1.82) is 0 Å². The molecule has 0 amide bonds. The molecular formula is C16H18N2O2S. The lowest BCUT2D eigenvalue weighted by atomic mass is 10.1. The summed E-state index contributed by atoms with van der Waals surface area (Å²) in [6.45, 7) is 0. The first-order valence-electron chi connectivity index (χ1n) is 6.93. The van der Waals surface area contributed by atoms with Gasteiger partial charge in [0.2, 0.25) is 10.0 Å². The number of rotatable bonds is 4. The number of benzene rings is 2. The maximum absolute atomic E-state index is 11.3. The molecule has 0 heterocycles. The lowest BCUT2D eigenvalue weighted by Gasteiger charge is -2.16. The van der Waals surface area contributed by atoms with Gasteiger partial charge in [-0.05, 0) is 42.2 Å². The lowest BCUT2D eigenvalue weighted by Crippen LogP contribution is -2.10. The van der Waals surface area contributed by atoms with Crippen LogP contribution in [0, 0.1) is 0 Å². The van der Waals surface area contributed by atoms with Crippen LogP contribution < -0.4 is 10.0 Å². The molecule has 21 heavy (non-hydrogen) atoms. The second-order valence-electron chi connectivity index (χ2n) is 5.39. The molecule has 0 aromatic heterocycles. The summed E-state index contributed by atoms with van der Waals surface area (Å²) >= 11 is 0. The van der Waals surface area contributed by atoms with Gasteiger partial charge in [-0.3, -0.25) is 4.72 Å². The van der Waals surface area contributed by atoms with Crippen LogP contribution in [0.1, 0.15) is 23.6 Å². The highest BCUT2D eigenvalue weighted by Gasteiger charge is 2.21. The van der Waals surface area contributed by atoms with Crippen LogP contribution in [0.2, 0.25) is 0 Å². The molecular weight excluding hydrogens is 284 g/mol. The fourth-order valence-electron chi connectivity index (χ4n) is 2.79. The fraction of sp³-hybridized carbons (Fsp3) is 0.250. The Bertz CT molecular complexity index is 756. The summed E-state index contributed by atoms with van der Waals surface area (Å²) < 4.78 is 25.1. The highest BCUT2D eigenvalue weighted by Crippen LogP contribution is 2.34. The average Bonchev–Trinajstić information content (AvgIpc) is 2.81. The first-order chi connectivity index (χ1) is 10.0. The van der Waals surface area contributed by atoms with Crippen molar-refractivity contribution in [2.24, 2.45) is 0 Å². The zero-order chi connectivity index (χ0) is 14.9. The van der Waals surface area contributed by atoms with Crippen LogP contribution in [0.4, 0.5) is 11.4 Å². The maximum Gasteiger partial charge on any atom is 0.229 e. The van der Waals surface area contributed by atoms with E-state index in [1.165, 1.54) is 11.1 Å². The number of nitrogens with one attached hydrogen (secondary N) is 2. The van der Waals surface area contributed by atoms with E-state index in [1.807, 2.05) is 18.2 Å². The van der Waals surface area contributed by atoms with E-state index in [1.54, 1.807) is 6.07 Å². The highest BCUT2D eigenvalue weighted by molar-refractivity contribution is 7.92. The second-order valence-corrected chi connectivity index (χ2v) is 7.14. The Kier molecular flexibility index (Phi) is 3.59. The van der Waals surface area contributed by atoms with Crippen molar-refractivity contribution in [3.63, 3.8) is 0 Å². The molecule has 0 fully saturated rings. The molecule has 1 aliphatic carbocycles. The smallest absolute Gasteiger partial charge is 0.229 e. The molecule has 2 aromatic carbocycles. The molecule has 2 aromatic rings. The second kappa shape index (κ2) is 5.41. The minimum absolute atomic E-state index is 0.287. The predicted molar refractivity (Wildman–Crippen MR) is 86.0 cm³/mol. The quantitative estimate of drug-likeness (QED) is 0.912. The molecule has 4 nitrogen and oxygen atoms in total. The van der Waals surface area contributed by atoms with Crippen molar-refractivity contribution < 1.29 is 8.42 Å². The van der Waals surface area contributed by atoms with E-state index in [9.17, 15) is 8.42 Å². The predicted octanol–water partition coefficient (Wildman–Crippen LogP) is 3.16. The minimum atomic E-state index is -3.25. The van der Waals surface area contributed by atoms with Gasteiger partial charge >= 0.3 is 0 Å². The number of sulfonamides is 1. The zero-order valence-corrected chi connectivity index (χ0v) is 12.7. The molecule has 1 aliphatic rings. The van der Waals surface area contributed by atoms with Crippen molar-refractivity contribution in [1.82, 2.24) is 0 Å². The first-order valence-corrected chi connectivity index (χ1v) is 8.82. The number of fused-ring (bicyclic) bond motifs is 1. The molecule has 0 spiro atoms. The van der Waals surface area contributed by atoms with Crippen LogP contribution in [0.5, 0.6) is 0 Å². The Labute approximate surface area is 125 Å². The summed E-state index contributed by atoms with van der Waals surface area (Å²) in [7, 11) is -3.25. The summed E-state index contributed by atoms with van der Waals surface area (Å²) in [5, 5.41) is 3.49. The van der Waals surface area contributed by atoms with Crippen LogP contribution in [0.3, 0.4) is 0 Å². The van der Waals surface area contributed by atoms with Gasteiger partial charge in [-0.2, -0.15) is 0 Å². The van der Waals surface area contributed by atoms with Crippen molar-refractivity contribution >= 4 is 21.4 Å². The number of hydrogen-bond acceptors (Lipinski definition) is 3. The van der Waals surface area contributed by atoms with Crippen molar-refractivity contribution in [2.75, 3.05) is 16.3 Å². The topological polar surface area (TPSA) is 58.2 Å². The molecule has 0 aliphatic heterocycles. The Morgan fingerprint density at radius 1 is 1.05 bits per heavy atom. The van der Waals surface area contributed by atoms with Crippen LogP contribution in [-0.2, 0) is 16.4 Å². The van der Waals surface area contributed by atoms with E-state index < -0.39 is 10.0 Å². The fourth-order valence-corrected chi connectivity index (χ4v) is 3.35. The van der Waals surface area contributed by atoms with Crippen LogP contribution in [0.15, 0.2) is 48.5 Å². The molecule has 0 saturated carbocycles. The third kappa shape index (κ3) is 3.36. The van der Waals surface area contributed by atoms with E-state index in [2.05, 4.69) is 34.3 Å². The van der Waals surface area contributed by atoms with E-state index in [0.29, 0.717) is 5.69 Å². The summed E-state index contributed by atoms with van der Waals surface area (Å²) in [4.78, 5) is 0. The van der Waals surface area contributed by atoms with Crippen LogP contribution >= 0.6 is 0 Å². The van der Waals surface area contributed by atoms with Gasteiger partial charge in [0.1, 0.15) is 0 Å². The Morgan fingerprint density at radius 3 is 2.62 bits per heavy atom. The molecule has 1 atom stereocenters. The Morgan fingerprint density at radius 2 is 1.81 bits per heavy atom. The van der Waals surface area contributed by atoms with Crippen molar-refractivity contribution in [2.45, 2.75) is 18.9 Å². The molecule has 5 heteroatoms. The maximum atomic E-state index is 11.3. The van der Waals surface area contributed by atoms with E-state index in [4.69, 9.17) is 0 Å². The third-order valence-electron chi connectivity index (χ3n) is 3.64. The monoisotopic (exact) mass is 302 g/mol. The molecule has 3 rings (SSSR count). The van der Waals surface area contributed by atoms with Crippen molar-refractivity contribution in [3.05, 3.63) is 59.7 Å². The Balaban J connectivity index is 1.79. The van der Waals surface area contributed by atoms with Crippen LogP contribution in [0.25, 0.3) is 0 Å². The number of aryl methyl sites for hydroxylation is 1. The number of hydrogen-bond donors (Lipinski definition) is 2. The minimum Gasteiger partial charge on any atom is -0.378 e. The van der Waals surface area contributed by atoms with Gasteiger partial charge in [0.15, 0.2) is 0 Å². The van der Waals surface area contributed by atoms with E-state index in [-0.39, 0.29) is 6.04 Å². The van der Waals surface area contributed by atoms with E-state index >= 15 is 0 Å². The highest BCUT2D eigenvalue weighted by atomic mass is 32.2. The van der Waals surface area contributed by atoms with Gasteiger partial charge in [-0.25, -0.2) is 8.42 Å². The molecule has 0 saturated heterocycles. The summed E-state index contributed by atoms with van der Waals surface area (Å²) in [6, 6.07) is 16.1. The molecule has 2 N–H and O–H groups in total. The molecule has 110 valence electrons. The normalized spacial score (nSPS) is 17.3. The molecule has 1 unspecified atom stereocenters. The Hall–Kier alpha value is -2.01. The van der Waals surface area contributed by atoms with Gasteiger partial charge in [0.25, 0.3) is 0 Å². The lowest BCUT2D eigenvalue weighted by molar-refractivity contribution is 0.607. The number of anilines is 2. The average molecular weight is 302 g/mol.